The van der Waals surface area contributed by atoms with Crippen LogP contribution in [0, 0.1) is 0 Å². The Bertz CT molecular complexity index is 589. The summed E-state index contributed by atoms with van der Waals surface area (Å²) >= 11 is 0. The molecule has 1 saturated heterocycles. The van der Waals surface area contributed by atoms with Gasteiger partial charge in [-0.15, -0.1) is 5.10 Å². The first-order valence-electron chi connectivity index (χ1n) is 7.29. The summed E-state index contributed by atoms with van der Waals surface area (Å²) in [5.41, 5.74) is 0.984. The van der Waals surface area contributed by atoms with Crippen molar-refractivity contribution in [1.29, 1.82) is 0 Å². The standard InChI is InChI=1S/C15H21N5O/c1-16-12-6-8-20(9-7-12)15-17-14(18-19-15)11-4-3-5-13(10-11)21-2/h3-5,10,12,16H,6-9H2,1-2H3,(H,17,18,19). The summed E-state index contributed by atoms with van der Waals surface area (Å²) in [6.45, 7) is 1.97. The van der Waals surface area contributed by atoms with Gasteiger partial charge < -0.3 is 15.0 Å². The number of aromatic amines is 1. The molecule has 1 fully saturated rings. The molecule has 6 heteroatoms. The Morgan fingerprint density at radius 3 is 2.86 bits per heavy atom. The number of H-pyrrole nitrogens is 1. The van der Waals surface area contributed by atoms with Crippen LogP contribution < -0.4 is 15.0 Å². The number of nitrogens with zero attached hydrogens (tertiary/aromatic N) is 3. The van der Waals surface area contributed by atoms with E-state index in [0.717, 1.165) is 49.0 Å². The van der Waals surface area contributed by atoms with Crippen LogP contribution in [0.2, 0.25) is 0 Å². The normalized spacial score (nSPS) is 16.2. The Kier molecular flexibility index (Phi) is 4.06. The van der Waals surface area contributed by atoms with Crippen molar-refractivity contribution in [1.82, 2.24) is 20.5 Å². The lowest BCUT2D eigenvalue weighted by Crippen LogP contribution is -2.41. The first kappa shape index (κ1) is 13.9. The molecule has 2 aromatic rings. The van der Waals surface area contributed by atoms with Gasteiger partial charge in [-0.25, -0.2) is 0 Å². The Morgan fingerprint density at radius 1 is 1.33 bits per heavy atom. The highest BCUT2D eigenvalue weighted by Gasteiger charge is 2.20. The van der Waals surface area contributed by atoms with Gasteiger partial charge >= 0.3 is 0 Å². The monoisotopic (exact) mass is 287 g/mol. The summed E-state index contributed by atoms with van der Waals surface area (Å²) in [7, 11) is 3.69. The van der Waals surface area contributed by atoms with E-state index in [-0.39, 0.29) is 0 Å². The molecule has 21 heavy (non-hydrogen) atoms. The lowest BCUT2D eigenvalue weighted by molar-refractivity contribution is 0.415. The van der Waals surface area contributed by atoms with E-state index in [9.17, 15) is 0 Å². The molecule has 0 radical (unpaired) electrons. The van der Waals surface area contributed by atoms with E-state index in [2.05, 4.69) is 25.4 Å². The van der Waals surface area contributed by atoms with E-state index in [4.69, 9.17) is 4.74 Å². The molecule has 112 valence electrons. The fourth-order valence-electron chi connectivity index (χ4n) is 2.66. The van der Waals surface area contributed by atoms with Gasteiger partial charge in [0.1, 0.15) is 5.75 Å². The second-order valence-electron chi connectivity index (χ2n) is 5.27. The zero-order valence-corrected chi connectivity index (χ0v) is 12.5. The number of ether oxygens (including phenoxy) is 1. The summed E-state index contributed by atoms with van der Waals surface area (Å²) < 4.78 is 5.24. The summed E-state index contributed by atoms with van der Waals surface area (Å²) in [5, 5.41) is 10.7. The van der Waals surface area contributed by atoms with Crippen molar-refractivity contribution in [3.8, 4) is 17.1 Å². The number of piperidine rings is 1. The van der Waals surface area contributed by atoms with Crippen LogP contribution in [0.5, 0.6) is 5.75 Å². The summed E-state index contributed by atoms with van der Waals surface area (Å²) in [5.74, 6) is 2.38. The zero-order chi connectivity index (χ0) is 14.7. The molecule has 0 atom stereocenters. The van der Waals surface area contributed by atoms with Crippen molar-refractivity contribution in [2.75, 3.05) is 32.1 Å². The highest BCUT2D eigenvalue weighted by Crippen LogP contribution is 2.23. The maximum absolute atomic E-state index is 5.24. The Balaban J connectivity index is 1.74. The third kappa shape index (κ3) is 3.00. The minimum atomic E-state index is 0.609. The van der Waals surface area contributed by atoms with E-state index in [1.54, 1.807) is 7.11 Å². The van der Waals surface area contributed by atoms with Crippen LogP contribution >= 0.6 is 0 Å². The molecule has 0 saturated carbocycles. The number of nitrogens with one attached hydrogen (secondary N) is 2. The molecular formula is C15H21N5O. The highest BCUT2D eigenvalue weighted by atomic mass is 16.5. The molecule has 1 aromatic carbocycles. The molecule has 2 N–H and O–H groups in total. The number of aromatic nitrogens is 3. The lowest BCUT2D eigenvalue weighted by Gasteiger charge is -2.30. The van der Waals surface area contributed by atoms with Crippen LogP contribution in [0.4, 0.5) is 5.95 Å². The maximum atomic E-state index is 5.24. The van der Waals surface area contributed by atoms with Gasteiger partial charge in [0.25, 0.3) is 0 Å². The van der Waals surface area contributed by atoms with Gasteiger partial charge in [0.05, 0.1) is 7.11 Å². The molecule has 3 rings (SSSR count). The zero-order valence-electron chi connectivity index (χ0n) is 12.5. The van der Waals surface area contributed by atoms with Crippen LogP contribution in [-0.4, -0.2) is 48.5 Å². The fourth-order valence-corrected chi connectivity index (χ4v) is 2.66. The Hall–Kier alpha value is -2.08. The van der Waals surface area contributed by atoms with E-state index in [1.165, 1.54) is 0 Å². The van der Waals surface area contributed by atoms with Crippen LogP contribution in [0.15, 0.2) is 24.3 Å². The molecule has 0 unspecified atom stereocenters. The van der Waals surface area contributed by atoms with Gasteiger partial charge in [-0.05, 0) is 32.0 Å². The van der Waals surface area contributed by atoms with E-state index >= 15 is 0 Å². The molecule has 6 nitrogen and oxygen atoms in total. The van der Waals surface area contributed by atoms with Gasteiger partial charge in [0.15, 0.2) is 5.82 Å². The number of anilines is 1. The van der Waals surface area contributed by atoms with Gasteiger partial charge in [-0.3, -0.25) is 5.10 Å². The third-order valence-corrected chi connectivity index (χ3v) is 4.00. The SMILES string of the molecule is CNC1CCN(c2n[nH]c(-c3cccc(OC)c3)n2)CC1. The van der Waals surface area contributed by atoms with Gasteiger partial charge in [-0.2, -0.15) is 4.98 Å². The van der Waals surface area contributed by atoms with Gasteiger partial charge in [0.2, 0.25) is 5.95 Å². The summed E-state index contributed by atoms with van der Waals surface area (Å²) in [4.78, 5) is 6.84. The van der Waals surface area contributed by atoms with Crippen molar-refractivity contribution in [2.45, 2.75) is 18.9 Å². The van der Waals surface area contributed by atoms with Crippen molar-refractivity contribution in [3.05, 3.63) is 24.3 Å². The van der Waals surface area contributed by atoms with E-state index < -0.39 is 0 Å². The molecular weight excluding hydrogens is 266 g/mol. The molecule has 0 bridgehead atoms. The topological polar surface area (TPSA) is 66.1 Å². The molecule has 1 aromatic heterocycles. The molecule has 1 aliphatic heterocycles. The lowest BCUT2D eigenvalue weighted by atomic mass is 10.1. The number of methoxy groups -OCH3 is 1. The molecule has 2 heterocycles. The fraction of sp³-hybridized carbons (Fsp3) is 0.467. The van der Waals surface area contributed by atoms with E-state index in [0.29, 0.717) is 6.04 Å². The van der Waals surface area contributed by atoms with Crippen LogP contribution in [0.25, 0.3) is 11.4 Å². The van der Waals surface area contributed by atoms with E-state index in [1.807, 2.05) is 31.3 Å². The average Bonchev–Trinajstić information content (AvgIpc) is 3.05. The molecule has 1 aliphatic rings. The minimum absolute atomic E-state index is 0.609. The molecule has 0 aliphatic carbocycles. The average molecular weight is 287 g/mol. The van der Waals surface area contributed by atoms with Crippen LogP contribution in [0.3, 0.4) is 0 Å². The van der Waals surface area contributed by atoms with Gasteiger partial charge in [0, 0.05) is 24.7 Å². The minimum Gasteiger partial charge on any atom is -0.497 e. The number of hydrogen-bond acceptors (Lipinski definition) is 5. The smallest absolute Gasteiger partial charge is 0.245 e. The number of hydrogen-bond donors (Lipinski definition) is 2. The predicted octanol–water partition coefficient (Wildman–Crippen LogP) is 1.67. The summed E-state index contributed by atoms with van der Waals surface area (Å²) in [6, 6.07) is 8.44. The number of benzene rings is 1. The quantitative estimate of drug-likeness (QED) is 0.895. The number of rotatable bonds is 4. The van der Waals surface area contributed by atoms with Crippen molar-refractivity contribution in [3.63, 3.8) is 0 Å². The maximum Gasteiger partial charge on any atom is 0.245 e. The van der Waals surface area contributed by atoms with Crippen LogP contribution in [-0.2, 0) is 0 Å². The first-order chi connectivity index (χ1) is 10.3. The van der Waals surface area contributed by atoms with Crippen molar-refractivity contribution >= 4 is 5.95 Å². The molecule has 0 amide bonds. The first-order valence-corrected chi connectivity index (χ1v) is 7.29. The van der Waals surface area contributed by atoms with Crippen molar-refractivity contribution in [2.24, 2.45) is 0 Å². The van der Waals surface area contributed by atoms with Crippen LogP contribution in [0.1, 0.15) is 12.8 Å². The highest BCUT2D eigenvalue weighted by molar-refractivity contribution is 5.58. The van der Waals surface area contributed by atoms with Crippen molar-refractivity contribution < 1.29 is 4.74 Å². The third-order valence-electron chi connectivity index (χ3n) is 4.00. The second kappa shape index (κ2) is 6.13. The Labute approximate surface area is 124 Å². The second-order valence-corrected chi connectivity index (χ2v) is 5.27. The van der Waals surface area contributed by atoms with Gasteiger partial charge in [-0.1, -0.05) is 12.1 Å². The molecule has 0 spiro atoms. The summed E-state index contributed by atoms with van der Waals surface area (Å²) in [6.07, 6.45) is 2.25. The Morgan fingerprint density at radius 2 is 2.14 bits per heavy atom. The largest absolute Gasteiger partial charge is 0.497 e. The predicted molar refractivity (Wildman–Crippen MR) is 82.7 cm³/mol.